The number of rotatable bonds is 7. The van der Waals surface area contributed by atoms with E-state index in [4.69, 9.17) is 4.55 Å². The molecule has 0 aliphatic rings. The van der Waals surface area contributed by atoms with E-state index in [1.807, 2.05) is 6.08 Å². The van der Waals surface area contributed by atoms with Gasteiger partial charge < -0.3 is 5.48 Å². The van der Waals surface area contributed by atoms with Gasteiger partial charge in [-0.25, -0.2) is 0 Å². The highest BCUT2D eigenvalue weighted by molar-refractivity contribution is 7.85. The van der Waals surface area contributed by atoms with Crippen molar-refractivity contribution < 1.29 is 18.4 Å². The summed E-state index contributed by atoms with van der Waals surface area (Å²) >= 11 is 0. The molecule has 1 aromatic carbocycles. The molecule has 5 heteroatoms. The van der Waals surface area contributed by atoms with Gasteiger partial charge in [0.15, 0.2) is 0 Å². The lowest BCUT2D eigenvalue weighted by Crippen LogP contribution is -1.96. The molecule has 0 heterocycles. The van der Waals surface area contributed by atoms with Crippen LogP contribution < -0.4 is 0 Å². The van der Waals surface area contributed by atoms with E-state index >= 15 is 0 Å². The predicted molar refractivity (Wildman–Crippen MR) is 83.4 cm³/mol. The lowest BCUT2D eigenvalue weighted by molar-refractivity contribution is 0.483. The van der Waals surface area contributed by atoms with Gasteiger partial charge in [0.05, 0.1) is 4.90 Å². The topological polar surface area (TPSA) is 85.9 Å². The summed E-state index contributed by atoms with van der Waals surface area (Å²) in [6, 6.07) is 7.42. The molecule has 0 fully saturated rings. The van der Waals surface area contributed by atoms with Crippen molar-refractivity contribution in [2.24, 2.45) is 0 Å². The van der Waals surface area contributed by atoms with E-state index < -0.39 is 10.1 Å². The van der Waals surface area contributed by atoms with Crippen molar-refractivity contribution >= 4 is 10.1 Å². The number of hydrogen-bond donors (Lipinski definition) is 1. The molecule has 0 unspecified atom stereocenters. The van der Waals surface area contributed by atoms with Crippen LogP contribution in [0.25, 0.3) is 0 Å². The zero-order valence-corrected chi connectivity index (χ0v) is 12.9. The molecule has 1 rings (SSSR count). The molecule has 20 heavy (non-hydrogen) atoms. The summed E-state index contributed by atoms with van der Waals surface area (Å²) < 4.78 is 29.2. The fraction of sp³-hybridized carbons (Fsp3) is 0.467. The molecule has 0 aliphatic heterocycles. The van der Waals surface area contributed by atoms with E-state index in [0.29, 0.717) is 0 Å². The minimum atomic E-state index is -4.00. The van der Waals surface area contributed by atoms with Gasteiger partial charge in [0.1, 0.15) is 0 Å². The Morgan fingerprint density at radius 3 is 2.05 bits per heavy atom. The van der Waals surface area contributed by atoms with Crippen LogP contribution in [-0.2, 0) is 10.1 Å². The van der Waals surface area contributed by atoms with Crippen LogP contribution in [0.2, 0.25) is 0 Å². The van der Waals surface area contributed by atoms with Crippen molar-refractivity contribution in [3.8, 4) is 0 Å². The number of benzene rings is 1. The molecule has 0 amide bonds. The Bertz CT molecular complexity index is 426. The van der Waals surface area contributed by atoms with Gasteiger partial charge in [-0.05, 0) is 25.0 Å². The molecule has 4 nitrogen and oxygen atoms in total. The van der Waals surface area contributed by atoms with Gasteiger partial charge in [-0.3, -0.25) is 4.55 Å². The molecule has 0 bridgehead atoms. The summed E-state index contributed by atoms with van der Waals surface area (Å²) in [6.45, 7) is 5.92. The van der Waals surface area contributed by atoms with Crippen LogP contribution in [0.3, 0.4) is 0 Å². The first kappa shape index (κ1) is 21.1. The van der Waals surface area contributed by atoms with Crippen LogP contribution in [0.1, 0.15) is 45.4 Å². The highest BCUT2D eigenvalue weighted by atomic mass is 32.2. The zero-order chi connectivity index (χ0) is 14.6. The molecular formula is C15H26O4S. The quantitative estimate of drug-likeness (QED) is 0.474. The molecule has 1 aromatic rings. The summed E-state index contributed by atoms with van der Waals surface area (Å²) in [6.07, 6.45) is 10.1. The van der Waals surface area contributed by atoms with Gasteiger partial charge in [0.2, 0.25) is 0 Å². The lowest BCUT2D eigenvalue weighted by atomic mass is 10.1. The average Bonchev–Trinajstić information content (AvgIpc) is 2.40. The average molecular weight is 302 g/mol. The smallest absolute Gasteiger partial charge is 0.294 e. The second-order valence-corrected chi connectivity index (χ2v) is 5.70. The van der Waals surface area contributed by atoms with Gasteiger partial charge in [-0.2, -0.15) is 8.42 Å². The second kappa shape index (κ2) is 12.8. The predicted octanol–water partition coefficient (Wildman–Crippen LogP) is 3.64. The van der Waals surface area contributed by atoms with Crippen molar-refractivity contribution in [1.29, 1.82) is 0 Å². The Morgan fingerprint density at radius 2 is 1.65 bits per heavy atom. The highest BCUT2D eigenvalue weighted by Gasteiger charge is 2.05. The first-order valence-electron chi connectivity index (χ1n) is 6.65. The lowest BCUT2D eigenvalue weighted by Gasteiger charge is -1.94. The van der Waals surface area contributed by atoms with Crippen molar-refractivity contribution in [2.45, 2.75) is 50.3 Å². The SMILES string of the molecule is C=CCCCCCCC.O.O=S(=O)(O)c1ccccc1. The van der Waals surface area contributed by atoms with Gasteiger partial charge in [0.25, 0.3) is 10.1 Å². The highest BCUT2D eigenvalue weighted by Crippen LogP contribution is 2.05. The standard InChI is InChI=1S/C9H18.C6H6O3S.H2O/c1-3-5-7-9-8-6-4-2;7-10(8,9)6-4-2-1-3-5-6;/h3H,1,4-9H2,2H3;1-5H,(H,7,8,9);1H2. The third kappa shape index (κ3) is 11.9. The normalized spacial score (nSPS) is 9.90. The van der Waals surface area contributed by atoms with Gasteiger partial charge in [0, 0.05) is 0 Å². The summed E-state index contributed by atoms with van der Waals surface area (Å²) in [4.78, 5) is -0.0741. The molecule has 0 atom stereocenters. The van der Waals surface area contributed by atoms with E-state index in [2.05, 4.69) is 13.5 Å². The third-order valence-electron chi connectivity index (χ3n) is 2.55. The fourth-order valence-electron chi connectivity index (χ4n) is 1.48. The molecule has 0 spiro atoms. The molecule has 0 radical (unpaired) electrons. The molecule has 0 aromatic heterocycles. The fourth-order valence-corrected chi connectivity index (χ4v) is 1.99. The van der Waals surface area contributed by atoms with Gasteiger partial charge in [-0.15, -0.1) is 6.58 Å². The van der Waals surface area contributed by atoms with Gasteiger partial charge >= 0.3 is 0 Å². The van der Waals surface area contributed by atoms with Crippen molar-refractivity contribution in [2.75, 3.05) is 0 Å². The van der Waals surface area contributed by atoms with Crippen LogP contribution in [0, 0.1) is 0 Å². The molecule has 0 saturated carbocycles. The van der Waals surface area contributed by atoms with E-state index in [-0.39, 0.29) is 10.4 Å². The number of allylic oxidation sites excluding steroid dienone is 1. The van der Waals surface area contributed by atoms with Crippen LogP contribution in [0.4, 0.5) is 0 Å². The maximum Gasteiger partial charge on any atom is 0.294 e. The van der Waals surface area contributed by atoms with Crippen molar-refractivity contribution in [3.05, 3.63) is 43.0 Å². The molecule has 0 aliphatic carbocycles. The summed E-state index contributed by atoms with van der Waals surface area (Å²) in [7, 11) is -4.00. The summed E-state index contributed by atoms with van der Waals surface area (Å²) in [5.41, 5.74) is 0. The maximum absolute atomic E-state index is 10.4. The largest absolute Gasteiger partial charge is 0.412 e. The number of unbranched alkanes of at least 4 members (excludes halogenated alkanes) is 5. The van der Waals surface area contributed by atoms with E-state index in [0.717, 1.165) is 0 Å². The maximum atomic E-state index is 10.4. The Balaban J connectivity index is 0. The Hall–Kier alpha value is -1.17. The molecule has 0 saturated heterocycles. The van der Waals surface area contributed by atoms with Gasteiger partial charge in [-0.1, -0.05) is 56.9 Å². The van der Waals surface area contributed by atoms with Crippen LogP contribution in [0.15, 0.2) is 47.9 Å². The van der Waals surface area contributed by atoms with Crippen LogP contribution in [0.5, 0.6) is 0 Å². The Morgan fingerprint density at radius 1 is 1.10 bits per heavy atom. The Kier molecular flexibility index (Phi) is 13.6. The van der Waals surface area contributed by atoms with E-state index in [1.165, 1.54) is 50.7 Å². The minimum absolute atomic E-state index is 0. The second-order valence-electron chi connectivity index (χ2n) is 4.28. The van der Waals surface area contributed by atoms with E-state index in [1.54, 1.807) is 18.2 Å². The first-order chi connectivity index (χ1) is 9.02. The summed E-state index contributed by atoms with van der Waals surface area (Å²) in [5.74, 6) is 0. The molecule has 116 valence electrons. The minimum Gasteiger partial charge on any atom is -0.412 e. The Labute approximate surface area is 122 Å². The van der Waals surface area contributed by atoms with E-state index in [9.17, 15) is 8.42 Å². The van der Waals surface area contributed by atoms with Crippen molar-refractivity contribution in [3.63, 3.8) is 0 Å². The van der Waals surface area contributed by atoms with Crippen LogP contribution in [-0.4, -0.2) is 18.4 Å². The first-order valence-corrected chi connectivity index (χ1v) is 8.09. The monoisotopic (exact) mass is 302 g/mol. The number of hydrogen-bond acceptors (Lipinski definition) is 2. The van der Waals surface area contributed by atoms with Crippen molar-refractivity contribution in [1.82, 2.24) is 0 Å². The third-order valence-corrected chi connectivity index (χ3v) is 3.42. The summed E-state index contributed by atoms with van der Waals surface area (Å²) in [5, 5.41) is 0. The zero-order valence-electron chi connectivity index (χ0n) is 12.1. The molecule has 3 N–H and O–H groups in total. The molecular weight excluding hydrogens is 276 g/mol. The van der Waals surface area contributed by atoms with Crippen LogP contribution >= 0.6 is 0 Å².